The predicted molar refractivity (Wildman–Crippen MR) is 105 cm³/mol. The van der Waals surface area contributed by atoms with Gasteiger partial charge in [0.15, 0.2) is 0 Å². The number of carbonyl (C=O) groups excluding carboxylic acids is 1. The summed E-state index contributed by atoms with van der Waals surface area (Å²) in [6.45, 7) is 0.416. The van der Waals surface area contributed by atoms with E-state index in [2.05, 4.69) is 9.97 Å². The molecule has 6 heteroatoms. The van der Waals surface area contributed by atoms with E-state index >= 15 is 0 Å². The van der Waals surface area contributed by atoms with Gasteiger partial charge in [-0.1, -0.05) is 12.1 Å². The van der Waals surface area contributed by atoms with Crippen molar-refractivity contribution < 1.29 is 14.3 Å². The summed E-state index contributed by atoms with van der Waals surface area (Å²) in [5, 5.41) is 0. The number of carbonyl (C=O) groups is 1. The van der Waals surface area contributed by atoms with Gasteiger partial charge in [-0.25, -0.2) is 4.98 Å². The maximum atomic E-state index is 12.4. The lowest BCUT2D eigenvalue weighted by Gasteiger charge is -2.17. The van der Waals surface area contributed by atoms with Crippen molar-refractivity contribution in [1.82, 2.24) is 14.9 Å². The molecule has 0 unspecified atom stereocenters. The molecule has 2 aromatic carbocycles. The normalized spacial score (nSPS) is 10.9. The van der Waals surface area contributed by atoms with Gasteiger partial charge < -0.3 is 14.4 Å². The van der Waals surface area contributed by atoms with E-state index in [1.807, 2.05) is 36.4 Å². The molecular formula is C21H21N3O3. The number of fused-ring (bicyclic) bond motifs is 1. The molecule has 138 valence electrons. The average Bonchev–Trinajstić information content (AvgIpc) is 2.72. The second-order valence-electron chi connectivity index (χ2n) is 5.99. The second kappa shape index (κ2) is 8.31. The van der Waals surface area contributed by atoms with Crippen LogP contribution in [0.5, 0.6) is 11.5 Å². The third kappa shape index (κ3) is 4.41. The van der Waals surface area contributed by atoms with Crippen LogP contribution >= 0.6 is 0 Å². The summed E-state index contributed by atoms with van der Waals surface area (Å²) in [7, 11) is 4.94. The number of likely N-dealkylation sites (N-methyl/N-ethyl adjacent to an activating group) is 1. The van der Waals surface area contributed by atoms with Crippen LogP contribution in [0.4, 0.5) is 0 Å². The molecule has 27 heavy (non-hydrogen) atoms. The van der Waals surface area contributed by atoms with Crippen LogP contribution in [0.15, 0.2) is 54.7 Å². The monoisotopic (exact) mass is 363 g/mol. The third-order valence-electron chi connectivity index (χ3n) is 4.14. The molecule has 1 aromatic heterocycles. The Morgan fingerprint density at radius 3 is 2.63 bits per heavy atom. The van der Waals surface area contributed by atoms with Crippen LogP contribution in [0.3, 0.4) is 0 Å². The standard InChI is InChI=1S/C21H21N3O3/c1-24(14-15-8-10-17(26-2)12-20(15)27-3)21(25)11-9-16-13-22-18-6-4-5-7-19(18)23-16/h4-13H,14H2,1-3H3/b11-9+. The van der Waals surface area contributed by atoms with E-state index in [1.54, 1.807) is 44.5 Å². The minimum absolute atomic E-state index is 0.136. The maximum Gasteiger partial charge on any atom is 0.246 e. The lowest BCUT2D eigenvalue weighted by Crippen LogP contribution is -2.24. The first-order valence-electron chi connectivity index (χ1n) is 8.46. The quantitative estimate of drug-likeness (QED) is 0.629. The fourth-order valence-electron chi connectivity index (χ4n) is 2.65. The Morgan fingerprint density at radius 1 is 1.11 bits per heavy atom. The van der Waals surface area contributed by atoms with Crippen molar-refractivity contribution in [1.29, 1.82) is 0 Å². The fraction of sp³-hybridized carbons (Fsp3) is 0.190. The molecule has 0 radical (unpaired) electrons. The van der Waals surface area contributed by atoms with Gasteiger partial charge in [-0.15, -0.1) is 0 Å². The van der Waals surface area contributed by atoms with Gasteiger partial charge >= 0.3 is 0 Å². The highest BCUT2D eigenvalue weighted by molar-refractivity contribution is 5.91. The predicted octanol–water partition coefficient (Wildman–Crippen LogP) is 3.32. The van der Waals surface area contributed by atoms with Crippen LogP contribution in [0.25, 0.3) is 17.1 Å². The molecule has 1 heterocycles. The van der Waals surface area contributed by atoms with Gasteiger partial charge in [0.2, 0.25) is 5.91 Å². The number of hydrogen-bond donors (Lipinski definition) is 0. The number of hydrogen-bond acceptors (Lipinski definition) is 5. The number of nitrogens with zero attached hydrogens (tertiary/aromatic N) is 3. The van der Waals surface area contributed by atoms with Crippen molar-refractivity contribution in [2.45, 2.75) is 6.54 Å². The lowest BCUT2D eigenvalue weighted by molar-refractivity contribution is -0.125. The highest BCUT2D eigenvalue weighted by atomic mass is 16.5. The molecule has 0 aliphatic rings. The summed E-state index contributed by atoms with van der Waals surface area (Å²) in [5.41, 5.74) is 3.15. The molecule has 0 N–H and O–H groups in total. The van der Waals surface area contributed by atoms with Crippen LogP contribution in [0.1, 0.15) is 11.3 Å². The van der Waals surface area contributed by atoms with E-state index in [9.17, 15) is 4.79 Å². The zero-order chi connectivity index (χ0) is 19.2. The number of rotatable bonds is 6. The Labute approximate surface area is 158 Å². The van der Waals surface area contributed by atoms with E-state index in [0.29, 0.717) is 23.7 Å². The lowest BCUT2D eigenvalue weighted by atomic mass is 10.1. The molecule has 3 aromatic rings. The van der Waals surface area contributed by atoms with Crippen LogP contribution < -0.4 is 9.47 Å². The topological polar surface area (TPSA) is 64.5 Å². The first-order valence-corrected chi connectivity index (χ1v) is 8.46. The van der Waals surface area contributed by atoms with Crippen molar-refractivity contribution in [3.05, 3.63) is 66.0 Å². The molecule has 0 aliphatic carbocycles. The van der Waals surface area contributed by atoms with Gasteiger partial charge in [-0.05, 0) is 30.3 Å². The van der Waals surface area contributed by atoms with Crippen LogP contribution in [-0.4, -0.2) is 42.0 Å². The summed E-state index contributed by atoms with van der Waals surface area (Å²) >= 11 is 0. The van der Waals surface area contributed by atoms with Gasteiger partial charge in [-0.3, -0.25) is 9.78 Å². The van der Waals surface area contributed by atoms with E-state index in [-0.39, 0.29) is 5.91 Å². The molecule has 6 nitrogen and oxygen atoms in total. The van der Waals surface area contributed by atoms with Gasteiger partial charge in [0.1, 0.15) is 11.5 Å². The zero-order valence-corrected chi connectivity index (χ0v) is 15.5. The molecule has 3 rings (SSSR count). The van der Waals surface area contributed by atoms with E-state index < -0.39 is 0 Å². The Hall–Kier alpha value is -3.41. The summed E-state index contributed by atoms with van der Waals surface area (Å²) in [6, 6.07) is 13.1. The van der Waals surface area contributed by atoms with Crippen molar-refractivity contribution in [2.75, 3.05) is 21.3 Å². The average molecular weight is 363 g/mol. The number of benzene rings is 2. The Balaban J connectivity index is 1.70. The molecule has 0 aliphatic heterocycles. The highest BCUT2D eigenvalue weighted by Gasteiger charge is 2.11. The number of methoxy groups -OCH3 is 2. The molecule has 0 saturated heterocycles. The molecular weight excluding hydrogens is 342 g/mol. The van der Waals surface area contributed by atoms with Crippen molar-refractivity contribution >= 4 is 23.0 Å². The van der Waals surface area contributed by atoms with Crippen LogP contribution in [-0.2, 0) is 11.3 Å². The second-order valence-corrected chi connectivity index (χ2v) is 5.99. The minimum atomic E-state index is -0.136. The first kappa shape index (κ1) is 18.4. The molecule has 1 amide bonds. The minimum Gasteiger partial charge on any atom is -0.497 e. The molecule has 0 saturated carbocycles. The van der Waals surface area contributed by atoms with Crippen LogP contribution in [0.2, 0.25) is 0 Å². The third-order valence-corrected chi connectivity index (χ3v) is 4.14. The highest BCUT2D eigenvalue weighted by Crippen LogP contribution is 2.25. The number of amides is 1. The molecule has 0 atom stereocenters. The van der Waals surface area contributed by atoms with Gasteiger partial charge in [0.05, 0.1) is 37.1 Å². The van der Waals surface area contributed by atoms with Crippen molar-refractivity contribution in [3.8, 4) is 11.5 Å². The first-order chi connectivity index (χ1) is 13.1. The smallest absolute Gasteiger partial charge is 0.246 e. The largest absolute Gasteiger partial charge is 0.497 e. The van der Waals surface area contributed by atoms with Gasteiger partial charge in [-0.2, -0.15) is 0 Å². The SMILES string of the molecule is COc1ccc(CN(C)C(=O)/C=C/c2cnc3ccccc3n2)c(OC)c1. The summed E-state index contributed by atoms with van der Waals surface area (Å²) in [6.07, 6.45) is 4.82. The summed E-state index contributed by atoms with van der Waals surface area (Å²) < 4.78 is 10.6. The van der Waals surface area contributed by atoms with Crippen LogP contribution in [0, 0.1) is 0 Å². The number of para-hydroxylation sites is 2. The van der Waals surface area contributed by atoms with Crippen molar-refractivity contribution in [2.24, 2.45) is 0 Å². The van der Waals surface area contributed by atoms with Crippen molar-refractivity contribution in [3.63, 3.8) is 0 Å². The van der Waals surface area contributed by atoms with E-state index in [0.717, 1.165) is 16.6 Å². The maximum absolute atomic E-state index is 12.4. The summed E-state index contributed by atoms with van der Waals surface area (Å²) in [5.74, 6) is 1.25. The number of ether oxygens (including phenoxy) is 2. The van der Waals surface area contributed by atoms with E-state index in [4.69, 9.17) is 9.47 Å². The molecule has 0 spiro atoms. The molecule has 0 bridgehead atoms. The zero-order valence-electron chi connectivity index (χ0n) is 15.5. The molecule has 0 fully saturated rings. The van der Waals surface area contributed by atoms with Gasteiger partial charge in [0, 0.05) is 31.3 Å². The number of aromatic nitrogens is 2. The van der Waals surface area contributed by atoms with Gasteiger partial charge in [0.25, 0.3) is 0 Å². The fourth-order valence-corrected chi connectivity index (χ4v) is 2.65. The Kier molecular flexibility index (Phi) is 5.66. The summed E-state index contributed by atoms with van der Waals surface area (Å²) in [4.78, 5) is 22.9. The Morgan fingerprint density at radius 2 is 1.89 bits per heavy atom. The Bertz CT molecular complexity index is 985. The van der Waals surface area contributed by atoms with E-state index in [1.165, 1.54) is 6.08 Å².